The number of rotatable bonds is 8. The van der Waals surface area contributed by atoms with Gasteiger partial charge in [-0.2, -0.15) is 5.26 Å². The molecule has 13 heteroatoms. The molecule has 1 saturated heterocycles. The zero-order valence-corrected chi connectivity index (χ0v) is 24.5. The number of piperidine rings is 1. The highest BCUT2D eigenvalue weighted by atomic mass is 32.2. The second kappa shape index (κ2) is 10.8. The fourth-order valence-electron chi connectivity index (χ4n) is 6.45. The van der Waals surface area contributed by atoms with Crippen molar-refractivity contribution in [2.75, 3.05) is 47.5 Å². The van der Waals surface area contributed by atoms with E-state index in [-0.39, 0.29) is 17.9 Å². The van der Waals surface area contributed by atoms with Crippen molar-refractivity contribution in [2.24, 2.45) is 5.41 Å². The van der Waals surface area contributed by atoms with Gasteiger partial charge in [-0.25, -0.2) is 17.2 Å². The van der Waals surface area contributed by atoms with Gasteiger partial charge in [-0.3, -0.25) is 9.52 Å². The Kier molecular flexibility index (Phi) is 7.35. The summed E-state index contributed by atoms with van der Waals surface area (Å²) in [4.78, 5) is 15.9. The Labute approximate surface area is 248 Å². The van der Waals surface area contributed by atoms with E-state index >= 15 is 0 Å². The Morgan fingerprint density at radius 1 is 1.12 bits per heavy atom. The molecule has 43 heavy (non-hydrogen) atoms. The number of nitrogens with zero attached hydrogens (tertiary/aromatic N) is 3. The molecule has 10 nitrogen and oxygen atoms in total. The summed E-state index contributed by atoms with van der Waals surface area (Å²) >= 11 is 0. The van der Waals surface area contributed by atoms with Crippen LogP contribution in [0.15, 0.2) is 36.4 Å². The number of amides is 1. The van der Waals surface area contributed by atoms with Crippen LogP contribution < -0.4 is 14.9 Å². The molecule has 3 aliphatic rings. The number of hydrogen-bond acceptors (Lipinski definition) is 7. The molecule has 1 atom stereocenters. The summed E-state index contributed by atoms with van der Waals surface area (Å²) in [5.74, 6) is -4.00. The van der Waals surface area contributed by atoms with Gasteiger partial charge in [0, 0.05) is 38.6 Å². The highest BCUT2D eigenvalue weighted by Gasteiger charge is 2.46. The minimum absolute atomic E-state index is 0.00791. The first-order valence-corrected chi connectivity index (χ1v) is 15.9. The number of aliphatic hydroxyl groups excluding tert-OH is 1. The highest BCUT2D eigenvalue weighted by Crippen LogP contribution is 2.54. The number of nitriles is 1. The molecule has 1 spiro atoms. The van der Waals surface area contributed by atoms with Gasteiger partial charge in [0.25, 0.3) is 11.8 Å². The summed E-state index contributed by atoms with van der Waals surface area (Å²) in [5, 5.41) is 22.3. The Bertz CT molecular complexity index is 1740. The number of hydrogen-bond donors (Lipinski definition) is 3. The van der Waals surface area contributed by atoms with Gasteiger partial charge in [0.2, 0.25) is 10.0 Å². The molecule has 1 aliphatic carbocycles. The number of aryl methyl sites for hydroxylation is 1. The number of halogens is 2. The Morgan fingerprint density at radius 3 is 2.51 bits per heavy atom. The topological polar surface area (TPSA) is 137 Å². The van der Waals surface area contributed by atoms with Gasteiger partial charge in [-0.1, -0.05) is 0 Å². The molecule has 1 unspecified atom stereocenters. The molecular weight excluding hydrogens is 580 g/mol. The van der Waals surface area contributed by atoms with Crippen molar-refractivity contribution in [3.05, 3.63) is 53.2 Å². The van der Waals surface area contributed by atoms with Gasteiger partial charge in [-0.15, -0.1) is 0 Å². The predicted molar refractivity (Wildman–Crippen MR) is 158 cm³/mol. The maximum atomic E-state index is 14.7. The van der Waals surface area contributed by atoms with Crippen molar-refractivity contribution >= 4 is 43.9 Å². The lowest BCUT2D eigenvalue weighted by Gasteiger charge is -2.35. The molecule has 3 aromatic rings. The standard InChI is InChI=1S/C30H33F2N5O5S/c1-42-27-25-17-22-23(5-2-19(18-33)26(22)37(25)13-10-30(27,31)32)34-28(39)21-4-3-20(35-43(40,41)15-14-38)16-24(21)36-11-8-29(6-7-29)9-12-36/h2-5,16-17,27,35,38H,6-15H2,1H3,(H,34,39). The SMILES string of the molecule is COC1c2cc3c(NC(=O)c4ccc(NS(=O)(=O)CCO)cc4N4CCC5(CC4)CC5)ccc(C#N)c3n2CCC1(F)F. The Morgan fingerprint density at radius 2 is 1.86 bits per heavy atom. The molecule has 2 fully saturated rings. The van der Waals surface area contributed by atoms with E-state index in [1.807, 2.05) is 0 Å². The molecule has 228 valence electrons. The zero-order chi connectivity index (χ0) is 30.6. The van der Waals surface area contributed by atoms with Crippen LogP contribution >= 0.6 is 0 Å². The van der Waals surface area contributed by atoms with E-state index in [0.717, 1.165) is 12.8 Å². The van der Waals surface area contributed by atoms with Crippen LogP contribution in [0.25, 0.3) is 10.9 Å². The third kappa shape index (κ3) is 5.43. The van der Waals surface area contributed by atoms with Crippen LogP contribution in [0.3, 0.4) is 0 Å². The number of carbonyl (C=O) groups is 1. The van der Waals surface area contributed by atoms with Crippen LogP contribution in [-0.2, 0) is 21.3 Å². The molecule has 1 saturated carbocycles. The van der Waals surface area contributed by atoms with Gasteiger partial charge >= 0.3 is 0 Å². The maximum absolute atomic E-state index is 14.7. The molecular formula is C30H33F2N5O5S. The third-order valence-electron chi connectivity index (χ3n) is 9.01. The lowest BCUT2D eigenvalue weighted by molar-refractivity contribution is -0.145. The number of carbonyl (C=O) groups excluding carboxylic acids is 1. The van der Waals surface area contributed by atoms with E-state index in [0.29, 0.717) is 51.9 Å². The first-order valence-electron chi connectivity index (χ1n) is 14.3. The number of methoxy groups -OCH3 is 1. The third-order valence-corrected chi connectivity index (χ3v) is 10.3. The molecule has 1 amide bonds. The number of anilines is 3. The van der Waals surface area contributed by atoms with Crippen LogP contribution in [0.4, 0.5) is 25.8 Å². The van der Waals surface area contributed by atoms with E-state index in [1.165, 1.54) is 26.0 Å². The smallest absolute Gasteiger partial charge is 0.280 e. The number of aromatic nitrogens is 1. The van der Waals surface area contributed by atoms with Crippen molar-refractivity contribution in [3.8, 4) is 6.07 Å². The number of ether oxygens (including phenoxy) is 1. The van der Waals surface area contributed by atoms with Crippen LogP contribution in [0, 0.1) is 16.7 Å². The summed E-state index contributed by atoms with van der Waals surface area (Å²) < 4.78 is 63.4. The first kappa shape index (κ1) is 29.3. The molecule has 3 heterocycles. The van der Waals surface area contributed by atoms with Crippen molar-refractivity contribution in [3.63, 3.8) is 0 Å². The zero-order valence-electron chi connectivity index (χ0n) is 23.7. The van der Waals surface area contributed by atoms with Crippen LogP contribution in [-0.4, -0.2) is 62.5 Å². The van der Waals surface area contributed by atoms with Crippen molar-refractivity contribution in [1.29, 1.82) is 5.26 Å². The summed E-state index contributed by atoms with van der Waals surface area (Å²) in [5.41, 5.74) is 2.87. The second-order valence-corrected chi connectivity index (χ2v) is 13.5. The van der Waals surface area contributed by atoms with Gasteiger partial charge in [-0.05, 0) is 67.5 Å². The summed E-state index contributed by atoms with van der Waals surface area (Å²) in [6.07, 6.45) is 2.41. The molecule has 0 radical (unpaired) electrons. The van der Waals surface area contributed by atoms with E-state index in [4.69, 9.17) is 9.84 Å². The number of benzene rings is 2. The molecule has 2 aliphatic heterocycles. The number of fused-ring (bicyclic) bond motifs is 3. The predicted octanol–water partition coefficient (Wildman–Crippen LogP) is 4.61. The summed E-state index contributed by atoms with van der Waals surface area (Å²) in [7, 11) is -2.56. The second-order valence-electron chi connectivity index (χ2n) is 11.7. The van der Waals surface area contributed by atoms with Gasteiger partial charge in [0.1, 0.15) is 6.07 Å². The minimum Gasteiger partial charge on any atom is -0.395 e. The van der Waals surface area contributed by atoms with Crippen LogP contribution in [0.5, 0.6) is 0 Å². The quantitative estimate of drug-likeness (QED) is 0.338. The van der Waals surface area contributed by atoms with Gasteiger partial charge in [0.15, 0.2) is 6.10 Å². The normalized spacial score (nSPS) is 20.4. The number of sulfonamides is 1. The largest absolute Gasteiger partial charge is 0.395 e. The van der Waals surface area contributed by atoms with Gasteiger partial charge < -0.3 is 24.6 Å². The average molecular weight is 614 g/mol. The summed E-state index contributed by atoms with van der Waals surface area (Å²) in [6.45, 7) is 0.897. The maximum Gasteiger partial charge on any atom is 0.280 e. The van der Waals surface area contributed by atoms with Crippen molar-refractivity contribution < 1.29 is 31.8 Å². The van der Waals surface area contributed by atoms with Crippen LogP contribution in [0.2, 0.25) is 0 Å². The Balaban J connectivity index is 1.37. The van der Waals surface area contributed by atoms with Crippen molar-refractivity contribution in [2.45, 2.75) is 50.7 Å². The highest BCUT2D eigenvalue weighted by molar-refractivity contribution is 7.92. The molecule has 2 aromatic carbocycles. The average Bonchev–Trinajstić information content (AvgIpc) is 3.60. The lowest BCUT2D eigenvalue weighted by Crippen LogP contribution is -2.35. The summed E-state index contributed by atoms with van der Waals surface area (Å²) in [6, 6.07) is 11.5. The van der Waals surface area contributed by atoms with Crippen molar-refractivity contribution in [1.82, 2.24) is 4.57 Å². The fraction of sp³-hybridized carbons (Fsp3) is 0.467. The Hall–Kier alpha value is -3.73. The van der Waals surface area contributed by atoms with E-state index in [1.54, 1.807) is 34.9 Å². The number of aliphatic hydroxyl groups is 1. The van der Waals surface area contributed by atoms with Gasteiger partial charge in [0.05, 0.1) is 51.8 Å². The fourth-order valence-corrected chi connectivity index (χ4v) is 7.28. The first-order chi connectivity index (χ1) is 20.5. The van der Waals surface area contributed by atoms with E-state index < -0.39 is 46.7 Å². The molecule has 3 N–H and O–H groups in total. The molecule has 0 bridgehead atoms. The molecule has 1 aromatic heterocycles. The number of nitrogens with one attached hydrogen (secondary N) is 2. The minimum atomic E-state index is -3.78. The van der Waals surface area contributed by atoms with E-state index in [9.17, 15) is 27.3 Å². The lowest BCUT2D eigenvalue weighted by atomic mass is 9.93. The molecule has 6 rings (SSSR count). The number of alkyl halides is 2. The van der Waals surface area contributed by atoms with E-state index in [2.05, 4.69) is 21.0 Å². The monoisotopic (exact) mass is 613 g/mol. The van der Waals surface area contributed by atoms with Crippen LogP contribution in [0.1, 0.15) is 59.8 Å².